The van der Waals surface area contributed by atoms with E-state index in [1.165, 1.54) is 23.4 Å². The van der Waals surface area contributed by atoms with Gasteiger partial charge in [0.05, 0.1) is 4.88 Å². The minimum absolute atomic E-state index is 0.610. The molecule has 0 spiro atoms. The minimum Gasteiger partial charge on any atom is -0.368 e. The average Bonchev–Trinajstić information content (AvgIpc) is 2.71. The normalized spacial score (nSPS) is 26.9. The van der Waals surface area contributed by atoms with Crippen molar-refractivity contribution >= 4 is 23.3 Å². The molecule has 2 unspecified atom stereocenters. The Hall–Kier alpha value is -0.830. The Morgan fingerprint density at radius 1 is 1.57 bits per heavy atom. The van der Waals surface area contributed by atoms with Gasteiger partial charge < -0.3 is 4.90 Å². The van der Waals surface area contributed by atoms with Crippen molar-refractivity contribution in [3.05, 3.63) is 16.3 Å². The lowest BCUT2D eigenvalue weighted by molar-refractivity contribution is 0.112. The van der Waals surface area contributed by atoms with Gasteiger partial charge in [-0.05, 0) is 25.3 Å². The van der Waals surface area contributed by atoms with Gasteiger partial charge in [-0.2, -0.15) is 0 Å². The summed E-state index contributed by atoms with van der Waals surface area (Å²) in [5.74, 6) is 0.768. The van der Waals surface area contributed by atoms with Crippen molar-refractivity contribution in [1.82, 2.24) is 0 Å². The molecular formula is C11H15NOS. The van der Waals surface area contributed by atoms with Crippen LogP contribution in [0.5, 0.6) is 0 Å². The summed E-state index contributed by atoms with van der Waals surface area (Å²) >= 11 is 1.53. The Bertz CT molecular complexity index is 334. The molecule has 1 aromatic heterocycles. The Morgan fingerprint density at radius 2 is 2.36 bits per heavy atom. The highest BCUT2D eigenvalue weighted by Crippen LogP contribution is 2.31. The topological polar surface area (TPSA) is 20.3 Å². The lowest BCUT2D eigenvalue weighted by Crippen LogP contribution is -2.25. The van der Waals surface area contributed by atoms with Gasteiger partial charge in [-0.3, -0.25) is 4.79 Å². The van der Waals surface area contributed by atoms with Crippen LogP contribution in [0.15, 0.2) is 11.4 Å². The highest BCUT2D eigenvalue weighted by Gasteiger charge is 2.26. The summed E-state index contributed by atoms with van der Waals surface area (Å²) in [6, 6.07) is 2.60. The molecule has 2 nitrogen and oxygen atoms in total. The summed E-state index contributed by atoms with van der Waals surface area (Å²) in [5, 5.41) is 2.08. The third-order valence-electron chi connectivity index (χ3n) is 2.84. The van der Waals surface area contributed by atoms with Crippen molar-refractivity contribution in [2.75, 3.05) is 11.4 Å². The number of rotatable bonds is 2. The third kappa shape index (κ3) is 1.69. The van der Waals surface area contributed by atoms with E-state index in [9.17, 15) is 4.79 Å². The second-order valence-corrected chi connectivity index (χ2v) is 5.11. The molecule has 76 valence electrons. The first-order valence-corrected chi connectivity index (χ1v) is 5.89. The van der Waals surface area contributed by atoms with Gasteiger partial charge in [0.2, 0.25) is 0 Å². The number of carbonyl (C=O) groups is 1. The Labute approximate surface area is 88.5 Å². The first kappa shape index (κ1) is 9.71. The van der Waals surface area contributed by atoms with E-state index < -0.39 is 0 Å². The third-order valence-corrected chi connectivity index (χ3v) is 3.68. The second-order valence-electron chi connectivity index (χ2n) is 4.17. The molecule has 1 aliphatic rings. The van der Waals surface area contributed by atoms with Crippen molar-refractivity contribution in [3.63, 3.8) is 0 Å². The zero-order valence-electron chi connectivity index (χ0n) is 8.56. The first-order chi connectivity index (χ1) is 6.70. The quantitative estimate of drug-likeness (QED) is 0.698. The first-order valence-electron chi connectivity index (χ1n) is 5.01. The predicted molar refractivity (Wildman–Crippen MR) is 60.3 cm³/mol. The van der Waals surface area contributed by atoms with Crippen LogP contribution in [0.4, 0.5) is 5.69 Å². The van der Waals surface area contributed by atoms with Crippen LogP contribution in [0.3, 0.4) is 0 Å². The fraction of sp³-hybridized carbons (Fsp3) is 0.545. The fourth-order valence-electron chi connectivity index (χ4n) is 2.21. The number of hydrogen-bond donors (Lipinski definition) is 0. The summed E-state index contributed by atoms with van der Waals surface area (Å²) in [5.41, 5.74) is 1.22. The van der Waals surface area contributed by atoms with Crippen LogP contribution in [0.25, 0.3) is 0 Å². The summed E-state index contributed by atoms with van der Waals surface area (Å²) in [4.78, 5) is 13.8. The SMILES string of the molecule is CC1CC(C)N(c2csc(C=O)c2)C1. The van der Waals surface area contributed by atoms with Crippen LogP contribution in [0.2, 0.25) is 0 Å². The predicted octanol–water partition coefficient (Wildman–Crippen LogP) is 2.80. The van der Waals surface area contributed by atoms with E-state index in [0.29, 0.717) is 6.04 Å². The number of anilines is 1. The van der Waals surface area contributed by atoms with Crippen molar-refractivity contribution in [1.29, 1.82) is 0 Å². The maximum Gasteiger partial charge on any atom is 0.160 e. The van der Waals surface area contributed by atoms with Gasteiger partial charge in [0, 0.05) is 23.7 Å². The summed E-state index contributed by atoms with van der Waals surface area (Å²) in [6.07, 6.45) is 2.19. The van der Waals surface area contributed by atoms with Crippen LogP contribution < -0.4 is 4.90 Å². The number of carbonyl (C=O) groups excluding carboxylic acids is 1. The van der Waals surface area contributed by atoms with E-state index in [2.05, 4.69) is 24.1 Å². The van der Waals surface area contributed by atoms with Gasteiger partial charge in [0.1, 0.15) is 0 Å². The van der Waals surface area contributed by atoms with Crippen LogP contribution in [0, 0.1) is 5.92 Å². The summed E-state index contributed by atoms with van der Waals surface area (Å²) in [6.45, 7) is 5.65. The maximum absolute atomic E-state index is 10.6. The average molecular weight is 209 g/mol. The largest absolute Gasteiger partial charge is 0.368 e. The highest BCUT2D eigenvalue weighted by atomic mass is 32.1. The van der Waals surface area contributed by atoms with E-state index in [1.807, 2.05) is 6.07 Å². The second kappa shape index (κ2) is 3.73. The molecule has 1 fully saturated rings. The molecule has 2 heterocycles. The molecule has 0 N–H and O–H groups in total. The lowest BCUT2D eigenvalue weighted by Gasteiger charge is -2.21. The fourth-order valence-corrected chi connectivity index (χ4v) is 2.92. The summed E-state index contributed by atoms with van der Waals surface area (Å²) < 4.78 is 0. The van der Waals surface area contributed by atoms with E-state index in [1.54, 1.807) is 0 Å². The molecule has 0 aliphatic carbocycles. The van der Waals surface area contributed by atoms with Crippen LogP contribution in [-0.4, -0.2) is 18.9 Å². The van der Waals surface area contributed by atoms with Gasteiger partial charge in [-0.25, -0.2) is 0 Å². The number of thiophene rings is 1. The van der Waals surface area contributed by atoms with Crippen molar-refractivity contribution in [3.8, 4) is 0 Å². The monoisotopic (exact) mass is 209 g/mol. The molecule has 1 aliphatic heterocycles. The molecule has 2 atom stereocenters. The molecule has 0 saturated carbocycles. The molecule has 0 radical (unpaired) electrons. The van der Waals surface area contributed by atoms with E-state index >= 15 is 0 Å². The smallest absolute Gasteiger partial charge is 0.160 e. The van der Waals surface area contributed by atoms with Gasteiger partial charge in [-0.1, -0.05) is 6.92 Å². The molecule has 0 aromatic carbocycles. The highest BCUT2D eigenvalue weighted by molar-refractivity contribution is 7.12. The van der Waals surface area contributed by atoms with Crippen LogP contribution >= 0.6 is 11.3 Å². The van der Waals surface area contributed by atoms with E-state index in [4.69, 9.17) is 0 Å². The van der Waals surface area contributed by atoms with E-state index in [-0.39, 0.29) is 0 Å². The number of hydrogen-bond acceptors (Lipinski definition) is 3. The number of aldehydes is 1. The lowest BCUT2D eigenvalue weighted by atomic mass is 10.1. The summed E-state index contributed by atoms with van der Waals surface area (Å²) in [7, 11) is 0. The van der Waals surface area contributed by atoms with Crippen molar-refractivity contribution in [2.45, 2.75) is 26.3 Å². The number of nitrogens with zero attached hydrogens (tertiary/aromatic N) is 1. The zero-order valence-corrected chi connectivity index (χ0v) is 9.38. The molecule has 0 amide bonds. The standard InChI is InChI=1S/C11H15NOS/c1-8-3-9(2)12(5-8)10-4-11(6-13)14-7-10/h4,6-9H,3,5H2,1-2H3. The van der Waals surface area contributed by atoms with Gasteiger partial charge >= 0.3 is 0 Å². The zero-order chi connectivity index (χ0) is 10.1. The van der Waals surface area contributed by atoms with Gasteiger partial charge in [0.15, 0.2) is 6.29 Å². The van der Waals surface area contributed by atoms with Crippen molar-refractivity contribution < 1.29 is 4.79 Å². The molecule has 0 bridgehead atoms. The van der Waals surface area contributed by atoms with Crippen molar-refractivity contribution in [2.24, 2.45) is 5.92 Å². The molecule has 1 aromatic rings. The molecule has 14 heavy (non-hydrogen) atoms. The maximum atomic E-state index is 10.6. The van der Waals surface area contributed by atoms with Gasteiger partial charge in [0.25, 0.3) is 0 Å². The van der Waals surface area contributed by atoms with Gasteiger partial charge in [-0.15, -0.1) is 11.3 Å². The molecule has 3 heteroatoms. The Morgan fingerprint density at radius 3 is 2.86 bits per heavy atom. The van der Waals surface area contributed by atoms with E-state index in [0.717, 1.165) is 23.6 Å². The molecule has 2 rings (SSSR count). The Kier molecular flexibility index (Phi) is 2.59. The Balaban J connectivity index is 2.18. The molecular weight excluding hydrogens is 194 g/mol. The molecule has 1 saturated heterocycles. The van der Waals surface area contributed by atoms with Crippen LogP contribution in [-0.2, 0) is 0 Å². The van der Waals surface area contributed by atoms with Crippen LogP contribution in [0.1, 0.15) is 29.9 Å². The minimum atomic E-state index is 0.610.